The van der Waals surface area contributed by atoms with E-state index in [0.29, 0.717) is 43.4 Å². The van der Waals surface area contributed by atoms with E-state index < -0.39 is 15.7 Å². The van der Waals surface area contributed by atoms with E-state index in [-0.39, 0.29) is 22.8 Å². The Hall–Kier alpha value is -1.15. The van der Waals surface area contributed by atoms with Crippen molar-refractivity contribution >= 4 is 27.5 Å². The molecule has 0 radical (unpaired) electrons. The van der Waals surface area contributed by atoms with Crippen LogP contribution in [0.1, 0.15) is 40.5 Å². The quantitative estimate of drug-likeness (QED) is 0.784. The molecule has 2 saturated heterocycles. The molecule has 2 aliphatic heterocycles. The Labute approximate surface area is 173 Å². The highest BCUT2D eigenvalue weighted by molar-refractivity contribution is 7.89. The lowest BCUT2D eigenvalue weighted by Crippen LogP contribution is -2.60. The molecule has 0 saturated carbocycles. The first-order chi connectivity index (χ1) is 13.1. The van der Waals surface area contributed by atoms with Crippen LogP contribution in [0.4, 0.5) is 0 Å². The zero-order valence-corrected chi connectivity index (χ0v) is 18.6. The Kier molecular flexibility index (Phi) is 6.11. The molecule has 8 heteroatoms. The van der Waals surface area contributed by atoms with Gasteiger partial charge in [-0.05, 0) is 48.9 Å². The van der Waals surface area contributed by atoms with Crippen LogP contribution >= 0.6 is 11.6 Å². The van der Waals surface area contributed by atoms with Gasteiger partial charge >= 0.3 is 0 Å². The number of carbonyl (C=O) groups excluding carboxylic acids is 1. The maximum absolute atomic E-state index is 13.0. The zero-order valence-electron chi connectivity index (χ0n) is 17.0. The topological polar surface area (TPSA) is 69.7 Å². The van der Waals surface area contributed by atoms with Crippen LogP contribution < -0.4 is 5.32 Å². The number of rotatable bonds is 5. The third-order valence-electron chi connectivity index (χ3n) is 5.69. The summed E-state index contributed by atoms with van der Waals surface area (Å²) in [6.07, 6.45) is 1.17. The number of hydrogen-bond donors (Lipinski definition) is 1. The van der Waals surface area contributed by atoms with Gasteiger partial charge in [0.2, 0.25) is 15.9 Å². The SMILES string of the molecule is CC(C)CN1C(=O)C(C(C)C)NC12CCN(S(=O)(=O)c1ccc(Cl)cc1)CC2. The molecule has 1 N–H and O–H groups in total. The first-order valence-corrected chi connectivity index (χ1v) is 11.7. The van der Waals surface area contributed by atoms with Crippen LogP contribution in [0.3, 0.4) is 0 Å². The smallest absolute Gasteiger partial charge is 0.243 e. The van der Waals surface area contributed by atoms with Crippen molar-refractivity contribution in [3.8, 4) is 0 Å². The minimum atomic E-state index is -3.57. The van der Waals surface area contributed by atoms with E-state index in [2.05, 4.69) is 19.2 Å². The van der Waals surface area contributed by atoms with Gasteiger partial charge in [-0.3, -0.25) is 10.1 Å². The predicted molar refractivity (Wildman–Crippen MR) is 110 cm³/mol. The van der Waals surface area contributed by atoms with Gasteiger partial charge in [0.25, 0.3) is 0 Å². The number of hydrogen-bond acceptors (Lipinski definition) is 4. The maximum atomic E-state index is 13.0. The first kappa shape index (κ1) is 21.6. The molecule has 6 nitrogen and oxygen atoms in total. The van der Waals surface area contributed by atoms with Crippen molar-refractivity contribution in [2.45, 2.75) is 57.1 Å². The normalized spacial score (nSPS) is 23.3. The summed E-state index contributed by atoms with van der Waals surface area (Å²) >= 11 is 5.89. The van der Waals surface area contributed by atoms with Gasteiger partial charge in [0.1, 0.15) is 0 Å². The number of piperidine rings is 1. The lowest BCUT2D eigenvalue weighted by Gasteiger charge is -2.44. The summed E-state index contributed by atoms with van der Waals surface area (Å²) in [5.41, 5.74) is -0.456. The molecule has 1 aromatic carbocycles. The number of nitrogens with one attached hydrogen (secondary N) is 1. The van der Waals surface area contributed by atoms with Crippen LogP contribution in [0.5, 0.6) is 0 Å². The van der Waals surface area contributed by atoms with Crippen LogP contribution in [0, 0.1) is 11.8 Å². The number of nitrogens with zero attached hydrogens (tertiary/aromatic N) is 2. The molecule has 0 aromatic heterocycles. The third-order valence-corrected chi connectivity index (χ3v) is 7.85. The lowest BCUT2D eigenvalue weighted by atomic mass is 9.96. The molecule has 1 amide bonds. The molecule has 28 heavy (non-hydrogen) atoms. The Balaban J connectivity index is 1.80. The van der Waals surface area contributed by atoms with E-state index in [4.69, 9.17) is 11.6 Å². The molecule has 2 heterocycles. The predicted octanol–water partition coefficient (Wildman–Crippen LogP) is 2.93. The lowest BCUT2D eigenvalue weighted by molar-refractivity contribution is -0.134. The van der Waals surface area contributed by atoms with Crippen molar-refractivity contribution in [2.24, 2.45) is 11.8 Å². The van der Waals surface area contributed by atoms with Crippen LogP contribution in [0.25, 0.3) is 0 Å². The molecule has 1 aromatic rings. The third kappa shape index (κ3) is 3.95. The first-order valence-electron chi connectivity index (χ1n) is 9.92. The van der Waals surface area contributed by atoms with Crippen molar-refractivity contribution < 1.29 is 13.2 Å². The fraction of sp³-hybridized carbons (Fsp3) is 0.650. The molecular weight excluding hydrogens is 398 g/mol. The molecule has 0 bridgehead atoms. The van der Waals surface area contributed by atoms with Gasteiger partial charge in [-0.1, -0.05) is 39.3 Å². The number of amides is 1. The number of benzene rings is 1. The van der Waals surface area contributed by atoms with E-state index in [1.807, 2.05) is 18.7 Å². The Morgan fingerprint density at radius 1 is 1.14 bits per heavy atom. The van der Waals surface area contributed by atoms with Crippen molar-refractivity contribution in [3.05, 3.63) is 29.3 Å². The molecule has 1 spiro atoms. The van der Waals surface area contributed by atoms with E-state index in [1.165, 1.54) is 4.31 Å². The Bertz CT molecular complexity index is 816. The maximum Gasteiger partial charge on any atom is 0.243 e. The molecule has 156 valence electrons. The summed E-state index contributed by atoms with van der Waals surface area (Å²) in [6, 6.07) is 6.06. The van der Waals surface area contributed by atoms with Crippen molar-refractivity contribution in [1.82, 2.24) is 14.5 Å². The van der Waals surface area contributed by atoms with Crippen LogP contribution in [-0.2, 0) is 14.8 Å². The van der Waals surface area contributed by atoms with Gasteiger partial charge in [-0.15, -0.1) is 0 Å². The molecule has 0 aliphatic carbocycles. The van der Waals surface area contributed by atoms with E-state index in [0.717, 1.165) is 0 Å². The average molecular weight is 428 g/mol. The van der Waals surface area contributed by atoms with E-state index >= 15 is 0 Å². The minimum Gasteiger partial charge on any atom is -0.323 e. The van der Waals surface area contributed by atoms with Gasteiger partial charge in [0.05, 0.1) is 16.6 Å². The molecule has 3 rings (SSSR count). The standard InChI is InChI=1S/C20H30ClN3O3S/c1-14(2)13-24-19(25)18(15(3)4)22-20(24)9-11-23(12-10-20)28(26,27)17-7-5-16(21)6-8-17/h5-8,14-15,18,22H,9-13H2,1-4H3. The van der Waals surface area contributed by atoms with Gasteiger partial charge in [-0.25, -0.2) is 8.42 Å². The molecule has 2 fully saturated rings. The van der Waals surface area contributed by atoms with Crippen LogP contribution in [-0.4, -0.2) is 54.9 Å². The highest BCUT2D eigenvalue weighted by atomic mass is 35.5. The van der Waals surface area contributed by atoms with Crippen LogP contribution in [0.2, 0.25) is 5.02 Å². The fourth-order valence-corrected chi connectivity index (χ4v) is 5.72. The van der Waals surface area contributed by atoms with Gasteiger partial charge in [0.15, 0.2) is 0 Å². The summed E-state index contributed by atoms with van der Waals surface area (Å²) in [6.45, 7) is 9.73. The number of sulfonamides is 1. The summed E-state index contributed by atoms with van der Waals surface area (Å²) in [7, 11) is -3.57. The largest absolute Gasteiger partial charge is 0.323 e. The van der Waals surface area contributed by atoms with Crippen molar-refractivity contribution in [1.29, 1.82) is 0 Å². The second-order valence-corrected chi connectivity index (χ2v) is 11.0. The highest BCUT2D eigenvalue weighted by Crippen LogP contribution is 2.36. The molecule has 1 unspecified atom stereocenters. The molecule has 1 atom stereocenters. The summed E-state index contributed by atoms with van der Waals surface area (Å²) in [4.78, 5) is 15.2. The van der Waals surface area contributed by atoms with E-state index in [1.54, 1.807) is 24.3 Å². The van der Waals surface area contributed by atoms with Gasteiger partial charge < -0.3 is 4.90 Å². The molecular formula is C20H30ClN3O3S. The Morgan fingerprint density at radius 3 is 2.21 bits per heavy atom. The van der Waals surface area contributed by atoms with Crippen molar-refractivity contribution in [2.75, 3.05) is 19.6 Å². The average Bonchev–Trinajstić information content (AvgIpc) is 2.88. The summed E-state index contributed by atoms with van der Waals surface area (Å²) in [5, 5.41) is 4.08. The zero-order chi connectivity index (χ0) is 20.7. The highest BCUT2D eigenvalue weighted by Gasteiger charge is 2.53. The van der Waals surface area contributed by atoms with Gasteiger partial charge in [0, 0.05) is 24.7 Å². The monoisotopic (exact) mass is 427 g/mol. The Morgan fingerprint density at radius 2 is 1.71 bits per heavy atom. The minimum absolute atomic E-state index is 0.137. The second-order valence-electron chi connectivity index (χ2n) is 8.60. The molecule has 2 aliphatic rings. The number of carbonyl (C=O) groups is 1. The van der Waals surface area contributed by atoms with Gasteiger partial charge in [-0.2, -0.15) is 4.31 Å². The van der Waals surface area contributed by atoms with E-state index in [9.17, 15) is 13.2 Å². The summed E-state index contributed by atoms with van der Waals surface area (Å²) in [5.74, 6) is 0.680. The fourth-order valence-electron chi connectivity index (χ4n) is 4.16. The van der Waals surface area contributed by atoms with Crippen LogP contribution in [0.15, 0.2) is 29.2 Å². The summed E-state index contributed by atoms with van der Waals surface area (Å²) < 4.78 is 27.5. The second kappa shape index (κ2) is 7.94. The van der Waals surface area contributed by atoms with Crippen molar-refractivity contribution in [3.63, 3.8) is 0 Å². The number of halogens is 1.